The van der Waals surface area contributed by atoms with Crippen molar-refractivity contribution >= 4 is 5.78 Å². The first-order valence-corrected chi connectivity index (χ1v) is 6.45. The van der Waals surface area contributed by atoms with Crippen molar-refractivity contribution in [2.45, 2.75) is 38.5 Å². The Morgan fingerprint density at radius 1 is 1.29 bits per heavy atom. The minimum atomic E-state index is 0.301. The fraction of sp³-hybridized carbons (Fsp3) is 0.533. The summed E-state index contributed by atoms with van der Waals surface area (Å²) in [5, 5.41) is 0. The molecule has 0 spiro atoms. The lowest BCUT2D eigenvalue weighted by Gasteiger charge is -2.20. The minimum absolute atomic E-state index is 0.301. The van der Waals surface area contributed by atoms with Crippen molar-refractivity contribution in [1.29, 1.82) is 0 Å². The number of ketones is 1. The molecule has 2 heteroatoms. The van der Waals surface area contributed by atoms with Gasteiger partial charge in [-0.1, -0.05) is 31.4 Å². The Bertz CT molecular complexity index is 378. The molecule has 0 saturated heterocycles. The van der Waals surface area contributed by atoms with E-state index in [0.717, 1.165) is 24.2 Å². The first kappa shape index (κ1) is 12.2. The number of carbonyl (C=O) groups is 1. The number of rotatable bonds is 4. The zero-order valence-corrected chi connectivity index (χ0v) is 10.4. The van der Waals surface area contributed by atoms with Gasteiger partial charge in [-0.3, -0.25) is 4.79 Å². The van der Waals surface area contributed by atoms with Crippen LogP contribution in [0.15, 0.2) is 24.3 Å². The van der Waals surface area contributed by atoms with E-state index >= 15 is 0 Å². The average Bonchev–Trinajstić information content (AvgIpc) is 2.40. The highest BCUT2D eigenvalue weighted by atomic mass is 16.5. The lowest BCUT2D eigenvalue weighted by Crippen LogP contribution is -2.19. The Labute approximate surface area is 103 Å². The van der Waals surface area contributed by atoms with Gasteiger partial charge >= 0.3 is 0 Å². The molecule has 1 aromatic rings. The summed E-state index contributed by atoms with van der Waals surface area (Å²) in [5.74, 6) is 1.53. The molecule has 0 N–H and O–H groups in total. The molecular formula is C15H20O2. The molecule has 0 amide bonds. The van der Waals surface area contributed by atoms with Crippen LogP contribution < -0.4 is 4.74 Å². The fourth-order valence-corrected chi connectivity index (χ4v) is 2.55. The van der Waals surface area contributed by atoms with Crippen LogP contribution >= 0.6 is 0 Å². The minimum Gasteiger partial charge on any atom is -0.497 e. The van der Waals surface area contributed by atoms with E-state index in [1.807, 2.05) is 24.3 Å². The zero-order valence-electron chi connectivity index (χ0n) is 10.4. The largest absolute Gasteiger partial charge is 0.497 e. The van der Waals surface area contributed by atoms with Crippen molar-refractivity contribution in [3.05, 3.63) is 29.8 Å². The van der Waals surface area contributed by atoms with Gasteiger partial charge in [0.2, 0.25) is 0 Å². The molecular weight excluding hydrogens is 212 g/mol. The van der Waals surface area contributed by atoms with Gasteiger partial charge in [0.25, 0.3) is 0 Å². The number of hydrogen-bond acceptors (Lipinski definition) is 2. The second-order valence-corrected chi connectivity index (χ2v) is 4.83. The predicted octanol–water partition coefficient (Wildman–Crippen LogP) is 3.39. The highest BCUT2D eigenvalue weighted by Crippen LogP contribution is 2.25. The zero-order chi connectivity index (χ0) is 12.1. The summed E-state index contributed by atoms with van der Waals surface area (Å²) in [6.07, 6.45) is 6.46. The second kappa shape index (κ2) is 5.85. The van der Waals surface area contributed by atoms with Gasteiger partial charge in [-0.05, 0) is 30.5 Å². The van der Waals surface area contributed by atoms with Crippen molar-refractivity contribution in [3.63, 3.8) is 0 Å². The van der Waals surface area contributed by atoms with Gasteiger partial charge in [-0.15, -0.1) is 0 Å². The number of hydrogen-bond donors (Lipinski definition) is 0. The summed E-state index contributed by atoms with van der Waals surface area (Å²) in [5.41, 5.74) is 1.07. The van der Waals surface area contributed by atoms with E-state index in [9.17, 15) is 4.79 Å². The normalized spacial score (nSPS) is 16.8. The van der Waals surface area contributed by atoms with E-state index in [0.29, 0.717) is 18.1 Å². The van der Waals surface area contributed by atoms with Crippen molar-refractivity contribution in [1.82, 2.24) is 0 Å². The quantitative estimate of drug-likeness (QED) is 0.795. The molecule has 0 heterocycles. The first-order valence-electron chi connectivity index (χ1n) is 6.45. The summed E-state index contributed by atoms with van der Waals surface area (Å²) < 4.78 is 5.17. The van der Waals surface area contributed by atoms with Crippen LogP contribution in [-0.4, -0.2) is 12.9 Å². The summed E-state index contributed by atoms with van der Waals surface area (Å²) in [6.45, 7) is 0. The Hall–Kier alpha value is -1.31. The number of methoxy groups -OCH3 is 1. The standard InChI is InChI=1S/C15H20O2/c1-17-14-9-5-6-12(10-14)11-15(16)13-7-3-2-4-8-13/h5-6,9-10,13H,2-4,7-8,11H2,1H3. The Morgan fingerprint density at radius 2 is 2.06 bits per heavy atom. The molecule has 1 saturated carbocycles. The third kappa shape index (κ3) is 3.32. The predicted molar refractivity (Wildman–Crippen MR) is 68.3 cm³/mol. The lowest BCUT2D eigenvalue weighted by atomic mass is 9.84. The monoisotopic (exact) mass is 232 g/mol. The molecule has 17 heavy (non-hydrogen) atoms. The molecule has 1 aliphatic rings. The van der Waals surface area contributed by atoms with Crippen LogP contribution in [0.25, 0.3) is 0 Å². The van der Waals surface area contributed by atoms with Gasteiger partial charge in [-0.2, -0.15) is 0 Å². The van der Waals surface area contributed by atoms with Crippen LogP contribution in [0.3, 0.4) is 0 Å². The van der Waals surface area contributed by atoms with Gasteiger partial charge in [0.15, 0.2) is 0 Å². The highest BCUT2D eigenvalue weighted by Gasteiger charge is 2.20. The van der Waals surface area contributed by atoms with Crippen LogP contribution in [0.1, 0.15) is 37.7 Å². The molecule has 0 radical (unpaired) electrons. The molecule has 2 rings (SSSR count). The maximum absolute atomic E-state index is 12.1. The van der Waals surface area contributed by atoms with E-state index < -0.39 is 0 Å². The lowest BCUT2D eigenvalue weighted by molar-refractivity contribution is -0.123. The van der Waals surface area contributed by atoms with Gasteiger partial charge in [0, 0.05) is 12.3 Å². The topological polar surface area (TPSA) is 26.3 Å². The van der Waals surface area contributed by atoms with Gasteiger partial charge in [-0.25, -0.2) is 0 Å². The van der Waals surface area contributed by atoms with Crippen LogP contribution in [-0.2, 0) is 11.2 Å². The van der Waals surface area contributed by atoms with Crippen molar-refractivity contribution < 1.29 is 9.53 Å². The molecule has 0 unspecified atom stereocenters. The summed E-state index contributed by atoms with van der Waals surface area (Å²) in [6, 6.07) is 7.82. The van der Waals surface area contributed by atoms with Gasteiger partial charge in [0.05, 0.1) is 7.11 Å². The third-order valence-corrected chi connectivity index (χ3v) is 3.57. The van der Waals surface area contributed by atoms with Crippen LogP contribution in [0.4, 0.5) is 0 Å². The van der Waals surface area contributed by atoms with E-state index in [1.54, 1.807) is 7.11 Å². The maximum Gasteiger partial charge on any atom is 0.140 e. The molecule has 1 fully saturated rings. The van der Waals surface area contributed by atoms with Crippen molar-refractivity contribution in [2.75, 3.05) is 7.11 Å². The molecule has 0 atom stereocenters. The number of Topliss-reactive ketones (excluding diaryl/α,β-unsaturated/α-hetero) is 1. The maximum atomic E-state index is 12.1. The van der Waals surface area contributed by atoms with E-state index in [2.05, 4.69) is 0 Å². The first-order chi connectivity index (χ1) is 8.29. The number of ether oxygens (including phenoxy) is 1. The smallest absolute Gasteiger partial charge is 0.140 e. The Balaban J connectivity index is 1.96. The molecule has 0 aliphatic heterocycles. The Morgan fingerprint density at radius 3 is 2.76 bits per heavy atom. The number of benzene rings is 1. The van der Waals surface area contributed by atoms with Crippen LogP contribution in [0.5, 0.6) is 5.75 Å². The molecule has 0 bridgehead atoms. The van der Waals surface area contributed by atoms with Gasteiger partial charge < -0.3 is 4.74 Å². The van der Waals surface area contributed by atoms with Crippen LogP contribution in [0.2, 0.25) is 0 Å². The van der Waals surface area contributed by atoms with Crippen LogP contribution in [0, 0.1) is 5.92 Å². The summed E-state index contributed by atoms with van der Waals surface area (Å²) in [4.78, 5) is 12.1. The third-order valence-electron chi connectivity index (χ3n) is 3.57. The summed E-state index contributed by atoms with van der Waals surface area (Å²) in [7, 11) is 1.65. The molecule has 1 aliphatic carbocycles. The Kier molecular flexibility index (Phi) is 4.18. The average molecular weight is 232 g/mol. The molecule has 0 aromatic heterocycles. The summed E-state index contributed by atoms with van der Waals surface area (Å²) >= 11 is 0. The van der Waals surface area contributed by atoms with Gasteiger partial charge in [0.1, 0.15) is 11.5 Å². The second-order valence-electron chi connectivity index (χ2n) is 4.83. The molecule has 92 valence electrons. The molecule has 2 nitrogen and oxygen atoms in total. The fourth-order valence-electron chi connectivity index (χ4n) is 2.55. The van der Waals surface area contributed by atoms with Crippen molar-refractivity contribution in [2.24, 2.45) is 5.92 Å². The van der Waals surface area contributed by atoms with Crippen molar-refractivity contribution in [3.8, 4) is 5.75 Å². The van der Waals surface area contributed by atoms with E-state index in [1.165, 1.54) is 19.3 Å². The molecule has 1 aromatic carbocycles. The SMILES string of the molecule is COc1cccc(CC(=O)C2CCCCC2)c1. The number of carbonyl (C=O) groups excluding carboxylic acids is 1. The highest BCUT2D eigenvalue weighted by molar-refractivity contribution is 5.83. The van der Waals surface area contributed by atoms with E-state index in [-0.39, 0.29) is 0 Å². The van der Waals surface area contributed by atoms with E-state index in [4.69, 9.17) is 4.74 Å².